The predicted molar refractivity (Wildman–Crippen MR) is 76.9 cm³/mol. The molecule has 0 saturated heterocycles. The molecule has 1 saturated carbocycles. The lowest BCUT2D eigenvalue weighted by molar-refractivity contribution is 0.700. The second kappa shape index (κ2) is 6.74. The summed E-state index contributed by atoms with van der Waals surface area (Å²) in [4.78, 5) is 7.12. The fourth-order valence-electron chi connectivity index (χ4n) is 2.16. The average molecular weight is 247 g/mol. The van der Waals surface area contributed by atoms with Gasteiger partial charge in [0.25, 0.3) is 0 Å². The molecule has 1 heterocycles. The van der Waals surface area contributed by atoms with Crippen molar-refractivity contribution in [2.45, 2.75) is 52.1 Å². The highest BCUT2D eigenvalue weighted by Gasteiger charge is 2.29. The third-order valence-corrected chi connectivity index (χ3v) is 3.42. The summed E-state index contributed by atoms with van der Waals surface area (Å²) in [7, 11) is 0. The maximum atomic E-state index is 4.63. The molecule has 1 N–H and O–H groups in total. The number of nitrogens with one attached hydrogen (secondary N) is 1. The SMILES string of the molecule is CCCCN(c1ccc(CNCC)cn1)C1CC1. The van der Waals surface area contributed by atoms with Gasteiger partial charge in [0.15, 0.2) is 0 Å². The summed E-state index contributed by atoms with van der Waals surface area (Å²) in [5.74, 6) is 1.16. The van der Waals surface area contributed by atoms with Crippen molar-refractivity contribution in [3.8, 4) is 0 Å². The van der Waals surface area contributed by atoms with E-state index in [0.29, 0.717) is 0 Å². The van der Waals surface area contributed by atoms with Crippen LogP contribution in [0.25, 0.3) is 0 Å². The highest BCUT2D eigenvalue weighted by atomic mass is 15.2. The summed E-state index contributed by atoms with van der Waals surface area (Å²) in [5, 5.41) is 3.33. The first-order valence-corrected chi connectivity index (χ1v) is 7.27. The van der Waals surface area contributed by atoms with E-state index < -0.39 is 0 Å². The second-order valence-electron chi connectivity index (χ2n) is 5.08. The first-order chi connectivity index (χ1) is 8.85. The minimum Gasteiger partial charge on any atom is -0.354 e. The molecule has 18 heavy (non-hydrogen) atoms. The molecular weight excluding hydrogens is 222 g/mol. The fourth-order valence-corrected chi connectivity index (χ4v) is 2.16. The van der Waals surface area contributed by atoms with Gasteiger partial charge in [-0.2, -0.15) is 0 Å². The largest absolute Gasteiger partial charge is 0.354 e. The Balaban J connectivity index is 1.96. The summed E-state index contributed by atoms with van der Waals surface area (Å²) in [6, 6.07) is 5.14. The maximum Gasteiger partial charge on any atom is 0.128 e. The Labute approximate surface area is 111 Å². The lowest BCUT2D eigenvalue weighted by Gasteiger charge is -2.23. The van der Waals surface area contributed by atoms with Crippen molar-refractivity contribution >= 4 is 5.82 Å². The van der Waals surface area contributed by atoms with Crippen LogP contribution in [0.5, 0.6) is 0 Å². The highest BCUT2D eigenvalue weighted by molar-refractivity contribution is 5.42. The molecule has 0 amide bonds. The Hall–Kier alpha value is -1.09. The van der Waals surface area contributed by atoms with E-state index in [4.69, 9.17) is 0 Å². The van der Waals surface area contributed by atoms with Crippen molar-refractivity contribution < 1.29 is 0 Å². The van der Waals surface area contributed by atoms with Gasteiger partial charge < -0.3 is 10.2 Å². The van der Waals surface area contributed by atoms with E-state index in [-0.39, 0.29) is 0 Å². The van der Waals surface area contributed by atoms with Gasteiger partial charge in [0.2, 0.25) is 0 Å². The molecule has 0 atom stereocenters. The Morgan fingerprint density at radius 3 is 2.72 bits per heavy atom. The van der Waals surface area contributed by atoms with E-state index in [0.717, 1.165) is 31.5 Å². The van der Waals surface area contributed by atoms with Crippen molar-refractivity contribution in [3.05, 3.63) is 23.9 Å². The first kappa shape index (κ1) is 13.3. The number of aromatic nitrogens is 1. The van der Waals surface area contributed by atoms with Gasteiger partial charge in [-0.25, -0.2) is 4.98 Å². The van der Waals surface area contributed by atoms with Crippen molar-refractivity contribution in [1.82, 2.24) is 10.3 Å². The first-order valence-electron chi connectivity index (χ1n) is 7.27. The van der Waals surface area contributed by atoms with E-state index in [1.165, 1.54) is 31.2 Å². The van der Waals surface area contributed by atoms with Crippen molar-refractivity contribution in [2.24, 2.45) is 0 Å². The summed E-state index contributed by atoms with van der Waals surface area (Å²) in [6.07, 6.45) is 7.20. The van der Waals surface area contributed by atoms with Crippen molar-refractivity contribution in [1.29, 1.82) is 0 Å². The molecule has 2 rings (SSSR count). The topological polar surface area (TPSA) is 28.2 Å². The van der Waals surface area contributed by atoms with Crippen LogP contribution in [-0.2, 0) is 6.54 Å². The van der Waals surface area contributed by atoms with Crippen LogP contribution in [0.4, 0.5) is 5.82 Å². The van der Waals surface area contributed by atoms with Gasteiger partial charge in [-0.15, -0.1) is 0 Å². The summed E-state index contributed by atoms with van der Waals surface area (Å²) in [6.45, 7) is 7.45. The minimum absolute atomic E-state index is 0.753. The molecule has 1 fully saturated rings. The molecule has 1 aliphatic rings. The van der Waals surface area contributed by atoms with Crippen molar-refractivity contribution in [2.75, 3.05) is 18.0 Å². The van der Waals surface area contributed by atoms with Crippen LogP contribution in [0.15, 0.2) is 18.3 Å². The van der Waals surface area contributed by atoms with Gasteiger partial charge in [0, 0.05) is 25.3 Å². The molecule has 0 aromatic carbocycles. The minimum atomic E-state index is 0.753. The molecular formula is C15H25N3. The molecule has 0 radical (unpaired) electrons. The molecule has 1 aromatic heterocycles. The molecule has 0 aliphatic heterocycles. The number of nitrogens with zero attached hydrogens (tertiary/aromatic N) is 2. The average Bonchev–Trinajstić information content (AvgIpc) is 3.23. The molecule has 1 aliphatic carbocycles. The monoisotopic (exact) mass is 247 g/mol. The van der Waals surface area contributed by atoms with Crippen LogP contribution < -0.4 is 10.2 Å². The van der Waals surface area contributed by atoms with E-state index in [9.17, 15) is 0 Å². The van der Waals surface area contributed by atoms with E-state index in [1.807, 2.05) is 6.20 Å². The predicted octanol–water partition coefficient (Wildman–Crippen LogP) is 2.96. The van der Waals surface area contributed by atoms with Crippen LogP contribution in [0.1, 0.15) is 45.1 Å². The van der Waals surface area contributed by atoms with E-state index in [1.54, 1.807) is 0 Å². The fraction of sp³-hybridized carbons (Fsp3) is 0.667. The zero-order valence-electron chi connectivity index (χ0n) is 11.7. The smallest absolute Gasteiger partial charge is 0.128 e. The van der Waals surface area contributed by atoms with Crippen LogP contribution in [-0.4, -0.2) is 24.1 Å². The maximum absolute atomic E-state index is 4.63. The van der Waals surface area contributed by atoms with Gasteiger partial charge in [0.05, 0.1) is 0 Å². The summed E-state index contributed by atoms with van der Waals surface area (Å²) < 4.78 is 0. The van der Waals surface area contributed by atoms with Crippen LogP contribution >= 0.6 is 0 Å². The molecule has 0 spiro atoms. The van der Waals surface area contributed by atoms with Gasteiger partial charge in [-0.3, -0.25) is 0 Å². The molecule has 1 aromatic rings. The number of hydrogen-bond acceptors (Lipinski definition) is 3. The van der Waals surface area contributed by atoms with E-state index >= 15 is 0 Å². The van der Waals surface area contributed by atoms with Gasteiger partial charge in [0.1, 0.15) is 5.82 Å². The zero-order chi connectivity index (χ0) is 12.8. The Kier molecular flexibility index (Phi) is 5.00. The molecule has 100 valence electrons. The normalized spacial score (nSPS) is 14.8. The third-order valence-electron chi connectivity index (χ3n) is 3.42. The number of unbranched alkanes of at least 4 members (excludes halogenated alkanes) is 1. The van der Waals surface area contributed by atoms with Gasteiger partial charge in [-0.1, -0.05) is 26.3 Å². The second-order valence-corrected chi connectivity index (χ2v) is 5.08. The lowest BCUT2D eigenvalue weighted by atomic mass is 10.2. The lowest BCUT2D eigenvalue weighted by Crippen LogP contribution is -2.27. The molecule has 0 bridgehead atoms. The van der Waals surface area contributed by atoms with Crippen LogP contribution in [0, 0.1) is 0 Å². The number of anilines is 1. The standard InChI is InChI=1S/C15H25N3/c1-3-5-10-18(14-7-8-14)15-9-6-13(12-17-15)11-16-4-2/h6,9,12,14,16H,3-5,7-8,10-11H2,1-2H3. The quantitative estimate of drug-likeness (QED) is 0.765. The third kappa shape index (κ3) is 3.70. The Bertz CT molecular complexity index is 343. The van der Waals surface area contributed by atoms with Gasteiger partial charge >= 0.3 is 0 Å². The van der Waals surface area contributed by atoms with Gasteiger partial charge in [-0.05, 0) is 37.4 Å². The summed E-state index contributed by atoms with van der Waals surface area (Å²) in [5.41, 5.74) is 1.27. The molecule has 3 heteroatoms. The number of hydrogen-bond donors (Lipinski definition) is 1. The summed E-state index contributed by atoms with van der Waals surface area (Å²) >= 11 is 0. The van der Waals surface area contributed by atoms with Crippen molar-refractivity contribution in [3.63, 3.8) is 0 Å². The number of pyridine rings is 1. The van der Waals surface area contributed by atoms with Crippen LogP contribution in [0.2, 0.25) is 0 Å². The Morgan fingerprint density at radius 1 is 1.33 bits per heavy atom. The van der Waals surface area contributed by atoms with Crippen LogP contribution in [0.3, 0.4) is 0 Å². The molecule has 0 unspecified atom stereocenters. The zero-order valence-corrected chi connectivity index (χ0v) is 11.7. The number of rotatable bonds is 8. The van der Waals surface area contributed by atoms with E-state index in [2.05, 4.69) is 41.2 Å². The Morgan fingerprint density at radius 2 is 2.17 bits per heavy atom. The highest BCUT2D eigenvalue weighted by Crippen LogP contribution is 2.30. The molecule has 3 nitrogen and oxygen atoms in total.